The Labute approximate surface area is 259 Å². The fourth-order valence-electron chi connectivity index (χ4n) is 6.19. The predicted molar refractivity (Wildman–Crippen MR) is 178 cm³/mol. The van der Waals surface area contributed by atoms with Crippen LogP contribution in [0.1, 0.15) is 76.5 Å². The summed E-state index contributed by atoms with van der Waals surface area (Å²) < 4.78 is 18.0. The van der Waals surface area contributed by atoms with Crippen LogP contribution < -0.4 is 14.4 Å². The number of methoxy groups -OCH3 is 2. The van der Waals surface area contributed by atoms with Crippen LogP contribution in [0, 0.1) is 6.92 Å². The molecule has 0 radical (unpaired) electrons. The molecule has 0 spiro atoms. The standard InChI is InChI=1S/C38H50N2O3/c1-8-10-31-24-32(25-35(41-6)36(31)42-7)30-12-9-11-28(23-30)26-40(33-17-13-27(2)14-18-33)34-19-21-39(22-20-34)37(29-15-16-29)43-38(3,4)5/h9,11-14,17-18,23-25,34H,8,10,15-16,19-22,26H2,1-7H3. The van der Waals surface area contributed by atoms with Crippen LogP contribution in [-0.2, 0) is 17.7 Å². The summed E-state index contributed by atoms with van der Waals surface area (Å²) in [6.45, 7) is 13.7. The minimum absolute atomic E-state index is 0.175. The lowest BCUT2D eigenvalue weighted by molar-refractivity contribution is -0.00541. The second-order valence-electron chi connectivity index (χ2n) is 13.1. The smallest absolute Gasteiger partial charge is 0.188 e. The maximum atomic E-state index is 6.48. The zero-order valence-electron chi connectivity index (χ0n) is 27.3. The number of aryl methyl sites for hydroxylation is 2. The van der Waals surface area contributed by atoms with E-state index in [0.717, 1.165) is 68.3 Å². The summed E-state index contributed by atoms with van der Waals surface area (Å²) in [4.78, 5) is 5.13. The van der Waals surface area contributed by atoms with Gasteiger partial charge in [-0.25, -0.2) is 0 Å². The van der Waals surface area contributed by atoms with Crippen molar-refractivity contribution >= 4 is 5.69 Å². The van der Waals surface area contributed by atoms with E-state index in [-0.39, 0.29) is 5.60 Å². The highest BCUT2D eigenvalue weighted by molar-refractivity contribution is 5.70. The molecule has 0 bridgehead atoms. The average molecular weight is 583 g/mol. The summed E-state index contributed by atoms with van der Waals surface area (Å²) in [6.07, 6.45) is 6.57. The zero-order valence-corrected chi connectivity index (χ0v) is 27.3. The lowest BCUT2D eigenvalue weighted by Gasteiger charge is -2.42. The van der Waals surface area contributed by atoms with Gasteiger partial charge in [-0.2, -0.15) is 0 Å². The molecule has 1 saturated carbocycles. The van der Waals surface area contributed by atoms with E-state index in [1.54, 1.807) is 14.2 Å². The van der Waals surface area contributed by atoms with Crippen molar-refractivity contribution in [1.82, 2.24) is 4.90 Å². The number of ether oxygens (including phenoxy) is 3. The Morgan fingerprint density at radius 3 is 2.23 bits per heavy atom. The number of anilines is 1. The average Bonchev–Trinajstić information content (AvgIpc) is 3.84. The van der Waals surface area contributed by atoms with Crippen molar-refractivity contribution in [3.05, 3.63) is 88.8 Å². The van der Waals surface area contributed by atoms with Crippen LogP contribution in [0.4, 0.5) is 5.69 Å². The van der Waals surface area contributed by atoms with E-state index >= 15 is 0 Å². The van der Waals surface area contributed by atoms with Gasteiger partial charge in [0.15, 0.2) is 17.4 Å². The van der Waals surface area contributed by atoms with Gasteiger partial charge in [0.05, 0.1) is 14.2 Å². The van der Waals surface area contributed by atoms with Gasteiger partial charge in [0.2, 0.25) is 0 Å². The van der Waals surface area contributed by atoms with Crippen molar-refractivity contribution in [2.45, 2.75) is 91.3 Å². The Kier molecular flexibility index (Phi) is 9.59. The van der Waals surface area contributed by atoms with Crippen LogP contribution in [0.5, 0.6) is 11.5 Å². The first-order valence-electron chi connectivity index (χ1n) is 16.0. The highest BCUT2D eigenvalue weighted by Gasteiger charge is 2.32. The molecule has 0 atom stereocenters. The van der Waals surface area contributed by atoms with Crippen molar-refractivity contribution in [3.63, 3.8) is 0 Å². The van der Waals surface area contributed by atoms with Crippen molar-refractivity contribution in [2.24, 2.45) is 0 Å². The zero-order chi connectivity index (χ0) is 30.6. The van der Waals surface area contributed by atoms with Crippen LogP contribution in [-0.4, -0.2) is 43.9 Å². The maximum absolute atomic E-state index is 6.48. The van der Waals surface area contributed by atoms with Gasteiger partial charge in [-0.05, 0) is 118 Å². The third kappa shape index (κ3) is 7.68. The lowest BCUT2D eigenvalue weighted by atomic mass is 9.97. The number of likely N-dealkylation sites (tertiary alicyclic amines) is 1. The van der Waals surface area contributed by atoms with E-state index in [0.29, 0.717) is 6.04 Å². The summed E-state index contributed by atoms with van der Waals surface area (Å²) in [7, 11) is 3.44. The predicted octanol–water partition coefficient (Wildman–Crippen LogP) is 8.92. The number of piperidine rings is 1. The highest BCUT2D eigenvalue weighted by atomic mass is 16.5. The van der Waals surface area contributed by atoms with Crippen LogP contribution in [0.25, 0.3) is 11.1 Å². The molecule has 1 aliphatic heterocycles. The van der Waals surface area contributed by atoms with Gasteiger partial charge in [0, 0.05) is 31.4 Å². The van der Waals surface area contributed by atoms with E-state index in [9.17, 15) is 0 Å². The fourth-order valence-corrected chi connectivity index (χ4v) is 6.19. The van der Waals surface area contributed by atoms with E-state index < -0.39 is 0 Å². The number of hydrogen-bond acceptors (Lipinski definition) is 5. The molecule has 0 amide bonds. The van der Waals surface area contributed by atoms with Crippen molar-refractivity contribution in [1.29, 1.82) is 0 Å². The van der Waals surface area contributed by atoms with Gasteiger partial charge in [0.25, 0.3) is 0 Å². The fraction of sp³-hybridized carbons (Fsp3) is 0.474. The molecule has 43 heavy (non-hydrogen) atoms. The van der Waals surface area contributed by atoms with Crippen LogP contribution in [0.3, 0.4) is 0 Å². The van der Waals surface area contributed by atoms with Gasteiger partial charge < -0.3 is 24.0 Å². The molecule has 3 aromatic rings. The SMILES string of the molecule is CCCc1cc(-c2cccc(CN(c3ccc(C)cc3)C3CCN(C(OC(C)(C)C)=C4CC4)CC3)c2)cc(OC)c1OC. The minimum atomic E-state index is -0.175. The number of nitrogens with zero attached hydrogens (tertiary/aromatic N) is 2. The summed E-state index contributed by atoms with van der Waals surface area (Å²) in [5.74, 6) is 2.78. The molecule has 5 rings (SSSR count). The molecular weight excluding hydrogens is 532 g/mol. The molecule has 5 heteroatoms. The Morgan fingerprint density at radius 1 is 0.907 bits per heavy atom. The first kappa shape index (κ1) is 30.8. The molecule has 2 aliphatic rings. The van der Waals surface area contributed by atoms with E-state index in [4.69, 9.17) is 14.2 Å². The molecule has 2 fully saturated rings. The van der Waals surface area contributed by atoms with Gasteiger partial charge in [-0.15, -0.1) is 0 Å². The Balaban J connectivity index is 1.39. The molecule has 3 aromatic carbocycles. The Morgan fingerprint density at radius 2 is 1.63 bits per heavy atom. The number of benzene rings is 3. The van der Waals surface area contributed by atoms with E-state index in [2.05, 4.69) is 105 Å². The minimum Gasteiger partial charge on any atom is -0.493 e. The molecule has 230 valence electrons. The lowest BCUT2D eigenvalue weighted by Crippen LogP contribution is -2.45. The number of rotatable bonds is 11. The van der Waals surface area contributed by atoms with E-state index in [1.165, 1.54) is 46.4 Å². The Bertz CT molecular complexity index is 1410. The topological polar surface area (TPSA) is 34.2 Å². The number of hydrogen-bond donors (Lipinski definition) is 0. The third-order valence-corrected chi connectivity index (χ3v) is 8.45. The molecular formula is C38H50N2O3. The van der Waals surface area contributed by atoms with Crippen LogP contribution in [0.15, 0.2) is 72.1 Å². The third-order valence-electron chi connectivity index (χ3n) is 8.45. The molecule has 1 heterocycles. The molecule has 0 unspecified atom stereocenters. The first-order valence-corrected chi connectivity index (χ1v) is 16.0. The number of allylic oxidation sites excluding steroid dienone is 1. The van der Waals surface area contributed by atoms with E-state index in [1.807, 2.05) is 0 Å². The first-order chi connectivity index (χ1) is 20.7. The summed E-state index contributed by atoms with van der Waals surface area (Å²) in [5, 5.41) is 0. The van der Waals surface area contributed by atoms with Crippen LogP contribution >= 0.6 is 0 Å². The van der Waals surface area contributed by atoms with Gasteiger partial charge >= 0.3 is 0 Å². The van der Waals surface area contributed by atoms with Crippen molar-refractivity contribution in [2.75, 3.05) is 32.2 Å². The maximum Gasteiger partial charge on any atom is 0.188 e. The van der Waals surface area contributed by atoms with Gasteiger partial charge in [-0.1, -0.05) is 49.2 Å². The summed E-state index contributed by atoms with van der Waals surface area (Å²) >= 11 is 0. The van der Waals surface area contributed by atoms with Crippen molar-refractivity contribution in [3.8, 4) is 22.6 Å². The molecule has 5 nitrogen and oxygen atoms in total. The largest absolute Gasteiger partial charge is 0.493 e. The Hall–Kier alpha value is -3.60. The molecule has 1 saturated heterocycles. The summed E-state index contributed by atoms with van der Waals surface area (Å²) in [5.41, 5.74) is 8.75. The second-order valence-corrected chi connectivity index (χ2v) is 13.1. The van der Waals surface area contributed by atoms with Crippen LogP contribution in [0.2, 0.25) is 0 Å². The summed E-state index contributed by atoms with van der Waals surface area (Å²) in [6, 6.07) is 22.9. The molecule has 1 aliphatic carbocycles. The second kappa shape index (κ2) is 13.4. The molecule has 0 aromatic heterocycles. The van der Waals surface area contributed by atoms with Gasteiger partial charge in [0.1, 0.15) is 5.60 Å². The molecule has 0 N–H and O–H groups in total. The van der Waals surface area contributed by atoms with Crippen molar-refractivity contribution < 1.29 is 14.2 Å². The normalized spacial score (nSPS) is 15.3. The monoisotopic (exact) mass is 582 g/mol. The highest BCUT2D eigenvalue weighted by Crippen LogP contribution is 2.39. The quantitative estimate of drug-likeness (QED) is 0.211. The van der Waals surface area contributed by atoms with Gasteiger partial charge in [-0.3, -0.25) is 0 Å².